The van der Waals surface area contributed by atoms with Crippen LogP contribution in [0.15, 0.2) is 41.8 Å². The van der Waals surface area contributed by atoms with Crippen LogP contribution in [0.2, 0.25) is 5.02 Å². The fraction of sp³-hybridized carbons (Fsp3) is 0.214. The molecule has 0 aliphatic heterocycles. The SMILES string of the molecule is S=C([S-])N(CCc1ccc(Cl)cc1)Cc1cccs1. The third kappa shape index (κ3) is 4.73. The van der Waals surface area contributed by atoms with Gasteiger partial charge in [0.2, 0.25) is 0 Å². The summed E-state index contributed by atoms with van der Waals surface area (Å²) >= 11 is 17.9. The van der Waals surface area contributed by atoms with Gasteiger partial charge in [0.25, 0.3) is 0 Å². The third-order valence-corrected chi connectivity index (χ3v) is 4.40. The number of nitrogens with zero attached hydrogens (tertiary/aromatic N) is 1. The van der Waals surface area contributed by atoms with Crippen molar-refractivity contribution in [2.45, 2.75) is 13.0 Å². The van der Waals surface area contributed by atoms with Crippen molar-refractivity contribution >= 4 is 52.1 Å². The minimum absolute atomic E-state index is 0.530. The Bertz CT molecular complexity index is 522. The first kappa shape index (κ1) is 14.7. The van der Waals surface area contributed by atoms with Crippen molar-refractivity contribution in [3.05, 3.63) is 57.2 Å². The molecule has 0 bridgehead atoms. The minimum atomic E-state index is 0.530. The Morgan fingerprint density at radius 3 is 2.58 bits per heavy atom. The fourth-order valence-electron chi connectivity index (χ4n) is 1.74. The molecule has 0 saturated heterocycles. The number of benzene rings is 1. The molecule has 1 aromatic carbocycles. The Kier molecular flexibility index (Phi) is 5.58. The van der Waals surface area contributed by atoms with Crippen molar-refractivity contribution in [1.82, 2.24) is 4.90 Å². The van der Waals surface area contributed by atoms with Crippen LogP contribution >= 0.6 is 35.2 Å². The van der Waals surface area contributed by atoms with E-state index in [4.69, 9.17) is 36.4 Å². The Balaban J connectivity index is 1.93. The third-order valence-electron chi connectivity index (χ3n) is 2.77. The van der Waals surface area contributed by atoms with Gasteiger partial charge in [0.1, 0.15) is 0 Å². The Morgan fingerprint density at radius 2 is 2.00 bits per heavy atom. The summed E-state index contributed by atoms with van der Waals surface area (Å²) in [5, 5.41) is 2.83. The molecule has 0 aliphatic carbocycles. The molecule has 100 valence electrons. The standard InChI is InChI=1S/C14H14ClNS3/c15-12-5-3-11(4-6-12)7-8-16(14(17)18)10-13-2-1-9-19-13/h1-6,9H,7-8,10H2,(H,17,18)/p-1. The monoisotopic (exact) mass is 326 g/mol. The maximum atomic E-state index is 5.87. The highest BCUT2D eigenvalue weighted by Gasteiger charge is 2.04. The number of thiophene rings is 1. The zero-order valence-electron chi connectivity index (χ0n) is 10.2. The van der Waals surface area contributed by atoms with Gasteiger partial charge in [-0.15, -0.1) is 11.3 Å². The molecule has 0 saturated carbocycles. The van der Waals surface area contributed by atoms with Crippen molar-refractivity contribution < 1.29 is 0 Å². The molecule has 0 N–H and O–H groups in total. The zero-order chi connectivity index (χ0) is 13.7. The summed E-state index contributed by atoms with van der Waals surface area (Å²) in [4.78, 5) is 3.34. The smallest absolute Gasteiger partial charge is 0.0507 e. The number of hydrogen-bond acceptors (Lipinski definition) is 3. The van der Waals surface area contributed by atoms with Gasteiger partial charge in [0.05, 0.1) is 6.54 Å². The Hall–Kier alpha value is -0.680. The van der Waals surface area contributed by atoms with Crippen LogP contribution in [0.5, 0.6) is 0 Å². The molecule has 2 aromatic rings. The molecule has 0 fully saturated rings. The van der Waals surface area contributed by atoms with E-state index in [-0.39, 0.29) is 0 Å². The maximum absolute atomic E-state index is 5.87. The Morgan fingerprint density at radius 1 is 1.26 bits per heavy atom. The van der Waals surface area contributed by atoms with Gasteiger partial charge >= 0.3 is 0 Å². The van der Waals surface area contributed by atoms with Gasteiger partial charge in [0, 0.05) is 16.4 Å². The highest BCUT2D eigenvalue weighted by atomic mass is 35.5. The predicted molar refractivity (Wildman–Crippen MR) is 89.8 cm³/mol. The number of rotatable bonds is 5. The van der Waals surface area contributed by atoms with E-state index in [9.17, 15) is 0 Å². The van der Waals surface area contributed by atoms with Crippen LogP contribution in [-0.4, -0.2) is 15.8 Å². The van der Waals surface area contributed by atoms with Gasteiger partial charge in [-0.2, -0.15) is 0 Å². The molecule has 0 aliphatic rings. The first-order valence-corrected chi connectivity index (χ1v) is 7.95. The summed E-state index contributed by atoms with van der Waals surface area (Å²) in [5.41, 5.74) is 1.24. The summed E-state index contributed by atoms with van der Waals surface area (Å²) in [6.45, 7) is 1.63. The molecule has 5 heteroatoms. The summed E-state index contributed by atoms with van der Waals surface area (Å²) in [7, 11) is 0. The van der Waals surface area contributed by atoms with Crippen LogP contribution in [0, 0.1) is 0 Å². The molecule has 2 rings (SSSR count). The van der Waals surface area contributed by atoms with Gasteiger partial charge in [-0.3, -0.25) is 0 Å². The largest absolute Gasteiger partial charge is 0.411 e. The molecule has 0 atom stereocenters. The van der Waals surface area contributed by atoms with Gasteiger partial charge in [-0.05, 0) is 35.6 Å². The van der Waals surface area contributed by atoms with E-state index < -0.39 is 0 Å². The number of hydrogen-bond donors (Lipinski definition) is 0. The lowest BCUT2D eigenvalue weighted by Gasteiger charge is -2.28. The maximum Gasteiger partial charge on any atom is 0.0507 e. The molecule has 0 radical (unpaired) electrons. The molecule has 0 unspecified atom stereocenters. The van der Waals surface area contributed by atoms with Crippen LogP contribution in [-0.2, 0) is 25.6 Å². The van der Waals surface area contributed by atoms with E-state index in [2.05, 4.69) is 16.3 Å². The van der Waals surface area contributed by atoms with Crippen LogP contribution in [0.4, 0.5) is 0 Å². The van der Waals surface area contributed by atoms with E-state index in [0.29, 0.717) is 4.32 Å². The van der Waals surface area contributed by atoms with Crippen molar-refractivity contribution in [1.29, 1.82) is 0 Å². The summed E-state index contributed by atoms with van der Waals surface area (Å²) < 4.78 is 0.530. The van der Waals surface area contributed by atoms with Crippen molar-refractivity contribution in [3.63, 3.8) is 0 Å². The molecule has 1 aromatic heterocycles. The average Bonchev–Trinajstić information content (AvgIpc) is 2.89. The van der Waals surface area contributed by atoms with E-state index in [0.717, 1.165) is 24.5 Å². The first-order valence-electron chi connectivity index (χ1n) is 5.88. The molecule has 19 heavy (non-hydrogen) atoms. The van der Waals surface area contributed by atoms with E-state index in [1.54, 1.807) is 11.3 Å². The summed E-state index contributed by atoms with van der Waals surface area (Å²) in [5.74, 6) is 0. The quantitative estimate of drug-likeness (QED) is 0.596. The van der Waals surface area contributed by atoms with E-state index in [1.807, 2.05) is 30.3 Å². The topological polar surface area (TPSA) is 3.24 Å². The molecular weight excluding hydrogens is 314 g/mol. The van der Waals surface area contributed by atoms with Crippen LogP contribution < -0.4 is 0 Å². The molecule has 0 amide bonds. The van der Waals surface area contributed by atoms with Gasteiger partial charge in [-0.25, -0.2) is 0 Å². The lowest BCUT2D eigenvalue weighted by molar-refractivity contribution is 0.435. The lowest BCUT2D eigenvalue weighted by atomic mass is 10.1. The minimum Gasteiger partial charge on any atom is -0.411 e. The molecule has 1 heterocycles. The predicted octanol–water partition coefficient (Wildman–Crippen LogP) is 4.28. The molecule has 1 nitrogen and oxygen atoms in total. The molecular formula is C14H13ClNS3-. The first-order chi connectivity index (χ1) is 9.15. The summed E-state index contributed by atoms with van der Waals surface area (Å²) in [6, 6.07) is 12.0. The second-order valence-corrected chi connectivity index (χ2v) is 6.64. The van der Waals surface area contributed by atoms with Gasteiger partial charge in [-0.1, -0.05) is 34.1 Å². The number of halogens is 1. The lowest BCUT2D eigenvalue weighted by Crippen LogP contribution is -2.29. The van der Waals surface area contributed by atoms with Crippen molar-refractivity contribution in [2.75, 3.05) is 6.54 Å². The fourth-order valence-corrected chi connectivity index (χ4v) is 2.90. The number of thiocarbonyl (C=S) groups is 1. The highest BCUT2D eigenvalue weighted by molar-refractivity contribution is 8.00. The van der Waals surface area contributed by atoms with Crippen LogP contribution in [0.3, 0.4) is 0 Å². The molecule has 0 spiro atoms. The van der Waals surface area contributed by atoms with E-state index in [1.165, 1.54) is 10.4 Å². The zero-order valence-corrected chi connectivity index (χ0v) is 13.4. The second kappa shape index (κ2) is 7.20. The van der Waals surface area contributed by atoms with Gasteiger partial charge < -0.3 is 29.7 Å². The van der Waals surface area contributed by atoms with Crippen LogP contribution in [0.25, 0.3) is 0 Å². The van der Waals surface area contributed by atoms with Gasteiger partial charge in [0.15, 0.2) is 0 Å². The highest BCUT2D eigenvalue weighted by Crippen LogP contribution is 2.14. The van der Waals surface area contributed by atoms with Crippen molar-refractivity contribution in [2.24, 2.45) is 0 Å². The Labute approximate surface area is 133 Å². The summed E-state index contributed by atoms with van der Waals surface area (Å²) in [6.07, 6.45) is 0.916. The average molecular weight is 327 g/mol. The van der Waals surface area contributed by atoms with E-state index >= 15 is 0 Å². The van der Waals surface area contributed by atoms with Crippen molar-refractivity contribution in [3.8, 4) is 0 Å². The van der Waals surface area contributed by atoms with Crippen LogP contribution in [0.1, 0.15) is 10.4 Å². The second-order valence-electron chi connectivity index (χ2n) is 4.14. The normalized spacial score (nSPS) is 10.4.